The van der Waals surface area contributed by atoms with Crippen LogP contribution in [0.5, 0.6) is 0 Å². The van der Waals surface area contributed by atoms with Gasteiger partial charge in [-0.2, -0.15) is 0 Å². The fourth-order valence-corrected chi connectivity index (χ4v) is 7.23. The molecule has 4 aliphatic rings. The number of ether oxygens (including phenoxy) is 3. The summed E-state index contributed by atoms with van der Waals surface area (Å²) in [5, 5.41) is -0.0131. The Kier molecular flexibility index (Phi) is 1.20. The molecular formula is C11H17O3P. The van der Waals surface area contributed by atoms with Crippen LogP contribution in [0.15, 0.2) is 0 Å². The van der Waals surface area contributed by atoms with Crippen molar-refractivity contribution in [2.24, 2.45) is 5.41 Å². The summed E-state index contributed by atoms with van der Waals surface area (Å²) in [6.45, 7) is 8.61. The molecule has 15 heavy (non-hydrogen) atoms. The van der Waals surface area contributed by atoms with E-state index in [0.29, 0.717) is 0 Å². The van der Waals surface area contributed by atoms with E-state index in [4.69, 9.17) is 14.2 Å². The third-order valence-corrected chi connectivity index (χ3v) is 6.66. The molecule has 4 fully saturated rings. The Morgan fingerprint density at radius 2 is 1.67 bits per heavy atom. The number of rotatable bonds is 0. The normalized spacial score (nSPS) is 76.0. The molecule has 0 aliphatic carbocycles. The van der Waals surface area contributed by atoms with Crippen LogP contribution in [-0.2, 0) is 14.2 Å². The van der Waals surface area contributed by atoms with Crippen molar-refractivity contribution >= 4 is 8.58 Å². The van der Waals surface area contributed by atoms with Gasteiger partial charge in [-0.05, 0) is 34.1 Å². The van der Waals surface area contributed by atoms with Gasteiger partial charge in [0.2, 0.25) is 0 Å². The Hall–Kier alpha value is 0.310. The zero-order valence-corrected chi connectivity index (χ0v) is 10.6. The predicted molar refractivity (Wildman–Crippen MR) is 56.9 cm³/mol. The molecule has 4 heteroatoms. The molecule has 0 aromatic heterocycles. The van der Waals surface area contributed by atoms with Crippen LogP contribution in [0.4, 0.5) is 0 Å². The number of fused-ring (bicyclic) bond motifs is 2. The maximum atomic E-state index is 6.18. The fourth-order valence-electron chi connectivity index (χ4n) is 4.67. The van der Waals surface area contributed by atoms with Crippen LogP contribution >= 0.6 is 8.58 Å². The van der Waals surface area contributed by atoms with Gasteiger partial charge in [0.25, 0.3) is 0 Å². The highest BCUT2D eigenvalue weighted by Gasteiger charge is 2.87. The minimum Gasteiger partial charge on any atom is -0.340 e. The van der Waals surface area contributed by atoms with Gasteiger partial charge < -0.3 is 14.2 Å². The largest absolute Gasteiger partial charge is 0.340 e. The lowest BCUT2D eigenvalue weighted by molar-refractivity contribution is -0.408. The van der Waals surface area contributed by atoms with E-state index in [1.54, 1.807) is 0 Å². The Balaban J connectivity index is 1.96. The van der Waals surface area contributed by atoms with Crippen molar-refractivity contribution in [2.45, 2.75) is 62.8 Å². The first-order valence-electron chi connectivity index (χ1n) is 5.64. The van der Waals surface area contributed by atoms with E-state index in [2.05, 4.69) is 27.7 Å². The molecular weight excluding hydrogens is 211 g/mol. The van der Waals surface area contributed by atoms with Crippen molar-refractivity contribution in [2.75, 3.05) is 0 Å². The van der Waals surface area contributed by atoms with Gasteiger partial charge in [-0.3, -0.25) is 0 Å². The van der Waals surface area contributed by atoms with E-state index in [-0.39, 0.29) is 16.1 Å². The summed E-state index contributed by atoms with van der Waals surface area (Å²) >= 11 is 0. The van der Waals surface area contributed by atoms with Crippen molar-refractivity contribution in [3.05, 3.63) is 0 Å². The lowest BCUT2D eigenvalue weighted by Crippen LogP contribution is -2.68. The molecule has 3 bridgehead atoms. The van der Waals surface area contributed by atoms with Crippen LogP contribution < -0.4 is 0 Å². The molecule has 1 spiro atoms. The van der Waals surface area contributed by atoms with E-state index in [1.807, 2.05) is 0 Å². The minimum absolute atomic E-state index is 0.00472. The Bertz CT molecular complexity index is 344. The third-order valence-electron chi connectivity index (χ3n) is 4.80. The second-order valence-corrected chi connectivity index (χ2v) is 8.47. The van der Waals surface area contributed by atoms with Gasteiger partial charge in [0.15, 0.2) is 11.6 Å². The van der Waals surface area contributed by atoms with Crippen molar-refractivity contribution in [1.82, 2.24) is 0 Å². The topological polar surface area (TPSA) is 27.7 Å². The smallest absolute Gasteiger partial charge is 0.179 e. The number of hydrogen-bond donors (Lipinski definition) is 0. The zero-order valence-electron chi connectivity index (χ0n) is 9.64. The van der Waals surface area contributed by atoms with Gasteiger partial charge in [0.1, 0.15) is 0 Å². The van der Waals surface area contributed by atoms with Crippen LogP contribution in [-0.4, -0.2) is 22.3 Å². The molecule has 0 aromatic rings. The Morgan fingerprint density at radius 1 is 0.933 bits per heavy atom. The Labute approximate surface area is 91.6 Å². The van der Waals surface area contributed by atoms with Crippen LogP contribution in [0.2, 0.25) is 0 Å². The van der Waals surface area contributed by atoms with Crippen molar-refractivity contribution in [3.8, 4) is 0 Å². The fraction of sp³-hybridized carbons (Fsp3) is 1.00. The minimum atomic E-state index is -0.414. The molecule has 84 valence electrons. The Morgan fingerprint density at radius 3 is 2.40 bits per heavy atom. The molecule has 4 aliphatic heterocycles. The summed E-state index contributed by atoms with van der Waals surface area (Å²) in [6, 6.07) is 0. The van der Waals surface area contributed by atoms with Crippen molar-refractivity contribution < 1.29 is 14.2 Å². The second kappa shape index (κ2) is 1.92. The summed E-state index contributed by atoms with van der Waals surface area (Å²) in [4.78, 5) is 0. The molecule has 4 heterocycles. The zero-order chi connectivity index (χ0) is 10.7. The highest BCUT2D eigenvalue weighted by Crippen LogP contribution is 2.85. The van der Waals surface area contributed by atoms with Crippen LogP contribution in [0.25, 0.3) is 0 Å². The SMILES string of the molecule is CC12CC34CC(C)(O1)PC3(C)OC4(C)O2. The monoisotopic (exact) mass is 228 g/mol. The van der Waals surface area contributed by atoms with Gasteiger partial charge in [-0.25, -0.2) is 0 Å². The summed E-state index contributed by atoms with van der Waals surface area (Å²) in [5.41, 5.74) is 0.209. The average molecular weight is 228 g/mol. The standard InChI is InChI=1S/C11H17O3P/c1-7-5-11-6-8(2,12-7)15-10(11,4)14-9(11,3)13-7/h15H,5-6H2,1-4H3. The van der Waals surface area contributed by atoms with Crippen molar-refractivity contribution in [3.63, 3.8) is 0 Å². The quantitative estimate of drug-likeness (QED) is 0.596. The van der Waals surface area contributed by atoms with Gasteiger partial charge >= 0.3 is 0 Å². The summed E-state index contributed by atoms with van der Waals surface area (Å²) < 4.78 is 18.3. The van der Waals surface area contributed by atoms with E-state index in [0.717, 1.165) is 21.4 Å². The van der Waals surface area contributed by atoms with Crippen molar-refractivity contribution in [1.29, 1.82) is 0 Å². The summed E-state index contributed by atoms with van der Waals surface area (Å²) in [7, 11) is 0.734. The third kappa shape index (κ3) is 0.735. The lowest BCUT2D eigenvalue weighted by Gasteiger charge is -2.60. The average Bonchev–Trinajstić information content (AvgIpc) is 2.18. The van der Waals surface area contributed by atoms with Gasteiger partial charge in [-0.15, -0.1) is 0 Å². The maximum Gasteiger partial charge on any atom is 0.179 e. The molecule has 4 saturated heterocycles. The maximum absolute atomic E-state index is 6.18. The first-order chi connectivity index (χ1) is 6.74. The first kappa shape index (κ1) is 9.35. The molecule has 4 rings (SSSR count). The molecule has 3 nitrogen and oxygen atoms in total. The van der Waals surface area contributed by atoms with E-state index in [1.165, 1.54) is 0 Å². The van der Waals surface area contributed by atoms with E-state index in [9.17, 15) is 0 Å². The summed E-state index contributed by atoms with van der Waals surface area (Å²) in [5.74, 6) is -0.805. The highest BCUT2D eigenvalue weighted by molar-refractivity contribution is 7.42. The molecule has 6 atom stereocenters. The predicted octanol–water partition coefficient (Wildman–Crippen LogP) is 2.40. The molecule has 0 saturated carbocycles. The van der Waals surface area contributed by atoms with Gasteiger partial charge in [0.05, 0.1) is 16.1 Å². The van der Waals surface area contributed by atoms with Crippen LogP contribution in [0.3, 0.4) is 0 Å². The van der Waals surface area contributed by atoms with Crippen LogP contribution in [0, 0.1) is 5.41 Å². The lowest BCUT2D eigenvalue weighted by atomic mass is 9.64. The second-order valence-electron chi connectivity index (χ2n) is 6.21. The molecule has 6 unspecified atom stereocenters. The molecule has 0 radical (unpaired) electrons. The van der Waals surface area contributed by atoms with Crippen LogP contribution in [0.1, 0.15) is 40.5 Å². The number of hydrogen-bond acceptors (Lipinski definition) is 3. The van der Waals surface area contributed by atoms with Gasteiger partial charge in [-0.1, -0.05) is 8.58 Å². The van der Waals surface area contributed by atoms with E-state index < -0.39 is 11.6 Å². The first-order valence-corrected chi connectivity index (χ1v) is 6.64. The molecule has 0 amide bonds. The van der Waals surface area contributed by atoms with Gasteiger partial charge in [0, 0.05) is 6.42 Å². The molecule has 0 N–H and O–H groups in total. The highest BCUT2D eigenvalue weighted by atomic mass is 31.1. The van der Waals surface area contributed by atoms with E-state index >= 15 is 0 Å². The summed E-state index contributed by atoms with van der Waals surface area (Å²) in [6.07, 6.45) is 2.09. The molecule has 0 aromatic carbocycles.